The SMILES string of the molecule is CC(=O)C1=C(O)[C@]2(O)C(=O)C3=C(O)c4c(O)ccc(CCC(C)C)c4C[C@@H]3C[C@@H]2CC1=O. The third-order valence-electron chi connectivity index (χ3n) is 7.14. The second-order valence-electron chi connectivity index (χ2n) is 9.63. The molecule has 7 heteroatoms. The number of aromatic hydroxyl groups is 1. The van der Waals surface area contributed by atoms with Gasteiger partial charge in [-0.2, -0.15) is 0 Å². The molecule has 1 fully saturated rings. The van der Waals surface area contributed by atoms with Crippen molar-refractivity contribution in [3.8, 4) is 5.75 Å². The van der Waals surface area contributed by atoms with E-state index in [2.05, 4.69) is 13.8 Å². The zero-order valence-electron chi connectivity index (χ0n) is 18.4. The lowest BCUT2D eigenvalue weighted by atomic mass is 9.59. The molecular formula is C25H28O7. The zero-order chi connectivity index (χ0) is 23.5. The fraction of sp³-hybridized carbons (Fsp3) is 0.480. The second-order valence-corrected chi connectivity index (χ2v) is 9.63. The summed E-state index contributed by atoms with van der Waals surface area (Å²) in [5.74, 6) is -4.66. The summed E-state index contributed by atoms with van der Waals surface area (Å²) in [4.78, 5) is 37.8. The van der Waals surface area contributed by atoms with E-state index in [1.54, 1.807) is 0 Å². The summed E-state index contributed by atoms with van der Waals surface area (Å²) in [6.45, 7) is 5.31. The van der Waals surface area contributed by atoms with Gasteiger partial charge in [-0.3, -0.25) is 14.4 Å². The molecule has 0 amide bonds. The van der Waals surface area contributed by atoms with Gasteiger partial charge in [0.05, 0.1) is 5.56 Å². The smallest absolute Gasteiger partial charge is 0.202 e. The van der Waals surface area contributed by atoms with Gasteiger partial charge in [-0.1, -0.05) is 19.9 Å². The van der Waals surface area contributed by atoms with Crippen molar-refractivity contribution in [2.24, 2.45) is 17.8 Å². The summed E-state index contributed by atoms with van der Waals surface area (Å²) in [6.07, 6.45) is 1.98. The maximum atomic E-state index is 13.5. The summed E-state index contributed by atoms with van der Waals surface area (Å²) < 4.78 is 0. The van der Waals surface area contributed by atoms with E-state index in [1.807, 2.05) is 6.07 Å². The van der Waals surface area contributed by atoms with E-state index in [0.717, 1.165) is 30.9 Å². The van der Waals surface area contributed by atoms with Crippen LogP contribution in [0, 0.1) is 17.8 Å². The number of phenolic OH excluding ortho intramolecular Hbond substituents is 1. The average Bonchev–Trinajstić information content (AvgIpc) is 2.69. The molecule has 0 radical (unpaired) electrons. The molecule has 1 aromatic carbocycles. The number of benzene rings is 1. The van der Waals surface area contributed by atoms with Crippen LogP contribution in [-0.4, -0.2) is 43.4 Å². The maximum Gasteiger partial charge on any atom is 0.202 e. The zero-order valence-corrected chi connectivity index (χ0v) is 18.4. The van der Waals surface area contributed by atoms with Crippen LogP contribution in [0.5, 0.6) is 5.75 Å². The largest absolute Gasteiger partial charge is 0.508 e. The highest BCUT2D eigenvalue weighted by Crippen LogP contribution is 2.52. The van der Waals surface area contributed by atoms with Crippen LogP contribution in [0.1, 0.15) is 56.7 Å². The minimum absolute atomic E-state index is 0.0728. The van der Waals surface area contributed by atoms with E-state index in [1.165, 1.54) is 6.07 Å². The first kappa shape index (κ1) is 22.3. The fourth-order valence-corrected chi connectivity index (χ4v) is 5.47. The number of carbonyl (C=O) groups is 3. The third-order valence-corrected chi connectivity index (χ3v) is 7.14. The Bertz CT molecular complexity index is 1110. The average molecular weight is 440 g/mol. The van der Waals surface area contributed by atoms with Gasteiger partial charge in [0.25, 0.3) is 0 Å². The molecule has 7 nitrogen and oxygen atoms in total. The Hall–Kier alpha value is -2.93. The molecule has 3 atom stereocenters. The van der Waals surface area contributed by atoms with Crippen LogP contribution in [0.25, 0.3) is 5.76 Å². The van der Waals surface area contributed by atoms with Gasteiger partial charge in [0.2, 0.25) is 5.78 Å². The Kier molecular flexibility index (Phi) is 5.28. The van der Waals surface area contributed by atoms with Gasteiger partial charge in [0.15, 0.2) is 17.2 Å². The molecule has 1 saturated carbocycles. The molecule has 0 aliphatic heterocycles. The highest BCUT2D eigenvalue weighted by atomic mass is 16.3. The van der Waals surface area contributed by atoms with E-state index < -0.39 is 51.9 Å². The number of allylic oxidation sites excluding steroid dienone is 1. The number of hydrogen-bond acceptors (Lipinski definition) is 7. The lowest BCUT2D eigenvalue weighted by Crippen LogP contribution is -2.57. The second kappa shape index (κ2) is 7.59. The Labute approximate surface area is 186 Å². The minimum atomic E-state index is -2.45. The molecule has 0 spiro atoms. The number of rotatable bonds is 4. The van der Waals surface area contributed by atoms with Crippen molar-refractivity contribution >= 4 is 23.1 Å². The van der Waals surface area contributed by atoms with Gasteiger partial charge in [-0.25, -0.2) is 0 Å². The molecule has 0 aromatic heterocycles. The van der Waals surface area contributed by atoms with E-state index in [0.29, 0.717) is 12.3 Å². The normalized spacial score (nSPS) is 27.4. The summed E-state index contributed by atoms with van der Waals surface area (Å²) in [5, 5.41) is 43.5. The topological polar surface area (TPSA) is 132 Å². The predicted molar refractivity (Wildman–Crippen MR) is 116 cm³/mol. The first-order valence-electron chi connectivity index (χ1n) is 11.0. The summed E-state index contributed by atoms with van der Waals surface area (Å²) in [5.41, 5.74) is -1.16. The standard InChI is InChI=1S/C25H28O7/c1-11(2)4-5-13-6-7-17(27)21-16(13)9-14-8-15-10-18(28)19(12(3)26)23(30)25(15,32)24(31)20(14)22(21)29/h6-7,11,14-15,27,29-30,32H,4-5,8-10H2,1-3H3/t14-,15+,25-/m0/s1. The lowest BCUT2D eigenvalue weighted by Gasteiger charge is -2.46. The van der Waals surface area contributed by atoms with Crippen molar-refractivity contribution in [3.63, 3.8) is 0 Å². The fourth-order valence-electron chi connectivity index (χ4n) is 5.47. The van der Waals surface area contributed by atoms with Crippen molar-refractivity contribution in [1.29, 1.82) is 0 Å². The highest BCUT2D eigenvalue weighted by Gasteiger charge is 2.60. The van der Waals surface area contributed by atoms with Crippen molar-refractivity contribution in [3.05, 3.63) is 45.7 Å². The Morgan fingerprint density at radius 2 is 1.84 bits per heavy atom. The van der Waals surface area contributed by atoms with Crippen LogP contribution in [0.4, 0.5) is 0 Å². The molecule has 3 aliphatic carbocycles. The van der Waals surface area contributed by atoms with Gasteiger partial charge in [-0.05, 0) is 61.6 Å². The van der Waals surface area contributed by atoms with Gasteiger partial charge in [0, 0.05) is 17.9 Å². The summed E-state index contributed by atoms with van der Waals surface area (Å²) in [6, 6.07) is 3.31. The summed E-state index contributed by atoms with van der Waals surface area (Å²) in [7, 11) is 0. The van der Waals surface area contributed by atoms with Gasteiger partial charge in [0.1, 0.15) is 22.8 Å². The minimum Gasteiger partial charge on any atom is -0.508 e. The van der Waals surface area contributed by atoms with E-state index in [-0.39, 0.29) is 29.7 Å². The molecule has 170 valence electrons. The van der Waals surface area contributed by atoms with Crippen LogP contribution in [0.2, 0.25) is 0 Å². The first-order valence-corrected chi connectivity index (χ1v) is 11.0. The Balaban J connectivity index is 1.87. The number of Topliss-reactive ketones (excluding diaryl/α,β-unsaturated/α-hetero) is 3. The highest BCUT2D eigenvalue weighted by molar-refractivity contribution is 6.23. The molecule has 32 heavy (non-hydrogen) atoms. The lowest BCUT2D eigenvalue weighted by molar-refractivity contribution is -0.147. The van der Waals surface area contributed by atoms with Crippen LogP contribution < -0.4 is 0 Å². The number of phenols is 1. The van der Waals surface area contributed by atoms with Crippen molar-refractivity contribution in [1.82, 2.24) is 0 Å². The van der Waals surface area contributed by atoms with Crippen LogP contribution in [0.15, 0.2) is 29.0 Å². The number of aliphatic hydroxyl groups is 3. The van der Waals surface area contributed by atoms with Gasteiger partial charge in [-0.15, -0.1) is 0 Å². The number of hydrogen-bond donors (Lipinski definition) is 4. The van der Waals surface area contributed by atoms with Crippen LogP contribution in [-0.2, 0) is 27.2 Å². The van der Waals surface area contributed by atoms with E-state index >= 15 is 0 Å². The molecule has 1 aromatic rings. The number of carbonyl (C=O) groups excluding carboxylic acids is 3. The monoisotopic (exact) mass is 440 g/mol. The number of fused-ring (bicyclic) bond motifs is 3. The molecule has 0 bridgehead atoms. The van der Waals surface area contributed by atoms with Crippen LogP contribution >= 0.6 is 0 Å². The molecule has 0 saturated heterocycles. The molecular weight excluding hydrogens is 412 g/mol. The first-order chi connectivity index (χ1) is 15.0. The van der Waals surface area contributed by atoms with Gasteiger partial charge >= 0.3 is 0 Å². The molecule has 4 N–H and O–H groups in total. The molecule has 4 rings (SSSR count). The molecule has 0 unspecified atom stereocenters. The predicted octanol–water partition coefficient (Wildman–Crippen LogP) is 3.12. The third kappa shape index (κ3) is 3.10. The number of aryl methyl sites for hydroxylation is 1. The van der Waals surface area contributed by atoms with Crippen molar-refractivity contribution < 1.29 is 34.8 Å². The maximum absolute atomic E-state index is 13.5. The van der Waals surface area contributed by atoms with E-state index in [9.17, 15) is 34.8 Å². The quantitative estimate of drug-likeness (QED) is 0.529. The molecule has 0 heterocycles. The summed E-state index contributed by atoms with van der Waals surface area (Å²) >= 11 is 0. The van der Waals surface area contributed by atoms with E-state index in [4.69, 9.17) is 0 Å². The number of ketones is 3. The van der Waals surface area contributed by atoms with Crippen LogP contribution in [0.3, 0.4) is 0 Å². The number of aliphatic hydroxyl groups excluding tert-OH is 2. The van der Waals surface area contributed by atoms with Crippen molar-refractivity contribution in [2.45, 2.75) is 58.5 Å². The molecule has 3 aliphatic rings. The van der Waals surface area contributed by atoms with Crippen molar-refractivity contribution in [2.75, 3.05) is 0 Å². The Morgan fingerprint density at radius 3 is 2.47 bits per heavy atom. The Morgan fingerprint density at radius 1 is 1.16 bits per heavy atom. The van der Waals surface area contributed by atoms with Gasteiger partial charge < -0.3 is 20.4 Å².